The minimum atomic E-state index is -0.379. The Labute approximate surface area is 190 Å². The van der Waals surface area contributed by atoms with Crippen molar-refractivity contribution in [2.75, 3.05) is 31.1 Å². The molecule has 32 heavy (non-hydrogen) atoms. The first-order valence-corrected chi connectivity index (χ1v) is 11.4. The highest BCUT2D eigenvalue weighted by atomic mass is 32.1. The molecule has 0 spiro atoms. The predicted octanol–water partition coefficient (Wildman–Crippen LogP) is 5.19. The molecule has 1 atom stereocenters. The Balaban J connectivity index is 1.40. The van der Waals surface area contributed by atoms with Crippen LogP contribution in [-0.2, 0) is 0 Å². The van der Waals surface area contributed by atoms with E-state index < -0.39 is 0 Å². The van der Waals surface area contributed by atoms with E-state index in [2.05, 4.69) is 57.0 Å². The second-order valence-electron chi connectivity index (χ2n) is 7.91. The van der Waals surface area contributed by atoms with Crippen LogP contribution in [0.25, 0.3) is 20.7 Å². The number of rotatable bonds is 4. The number of nitrogens with zero attached hydrogens (tertiary/aromatic N) is 5. The molecule has 1 saturated heterocycles. The van der Waals surface area contributed by atoms with E-state index in [9.17, 15) is 9.65 Å². The van der Waals surface area contributed by atoms with Gasteiger partial charge in [0.15, 0.2) is 0 Å². The molecule has 1 aliphatic rings. The van der Waals surface area contributed by atoms with E-state index in [0.717, 1.165) is 47.8 Å². The first-order valence-electron chi connectivity index (χ1n) is 10.6. The molecule has 0 amide bonds. The Morgan fingerprint density at radius 3 is 2.41 bits per heavy atom. The zero-order chi connectivity index (χ0) is 22.1. The lowest BCUT2D eigenvalue weighted by Gasteiger charge is -2.37. The van der Waals surface area contributed by atoms with Crippen LogP contribution in [-0.4, -0.2) is 41.0 Å². The Bertz CT molecular complexity index is 1270. The van der Waals surface area contributed by atoms with Crippen LogP contribution in [0.1, 0.15) is 17.2 Å². The van der Waals surface area contributed by atoms with Crippen molar-refractivity contribution in [3.8, 4) is 16.5 Å². The van der Waals surface area contributed by atoms with Crippen molar-refractivity contribution in [2.24, 2.45) is 0 Å². The number of aryl methyl sites for hydroxylation is 1. The lowest BCUT2D eigenvalue weighted by Crippen LogP contribution is -2.47. The van der Waals surface area contributed by atoms with E-state index in [1.807, 2.05) is 6.07 Å². The first kappa shape index (κ1) is 20.6. The molecule has 160 valence electrons. The van der Waals surface area contributed by atoms with Crippen molar-refractivity contribution in [3.63, 3.8) is 0 Å². The number of benzene rings is 2. The summed E-state index contributed by atoms with van der Waals surface area (Å²) in [4.78, 5) is 15.9. The van der Waals surface area contributed by atoms with Crippen molar-refractivity contribution < 1.29 is 4.39 Å². The van der Waals surface area contributed by atoms with Gasteiger partial charge in [-0.1, -0.05) is 42.5 Å². The van der Waals surface area contributed by atoms with E-state index >= 15 is 0 Å². The Morgan fingerprint density at radius 1 is 1.00 bits per heavy atom. The van der Waals surface area contributed by atoms with Gasteiger partial charge in [-0.25, -0.2) is 14.4 Å². The van der Waals surface area contributed by atoms with Gasteiger partial charge in [-0.2, -0.15) is 5.26 Å². The molecule has 0 bridgehead atoms. The first-order chi connectivity index (χ1) is 15.7. The molecule has 5 rings (SSSR count). The lowest BCUT2D eigenvalue weighted by molar-refractivity contribution is 0.222. The molecule has 0 aliphatic carbocycles. The van der Waals surface area contributed by atoms with Crippen LogP contribution in [0.2, 0.25) is 0 Å². The zero-order valence-electron chi connectivity index (χ0n) is 17.7. The summed E-state index contributed by atoms with van der Waals surface area (Å²) in [5.41, 5.74) is 3.23. The molecular formula is C25H22FN5S. The number of fused-ring (bicyclic) bond motifs is 1. The average Bonchev–Trinajstić information content (AvgIpc) is 3.18. The van der Waals surface area contributed by atoms with E-state index in [-0.39, 0.29) is 11.9 Å². The van der Waals surface area contributed by atoms with Gasteiger partial charge in [0.25, 0.3) is 0 Å². The van der Waals surface area contributed by atoms with Gasteiger partial charge in [0.05, 0.1) is 11.5 Å². The summed E-state index contributed by atoms with van der Waals surface area (Å²) in [5, 5.41) is 10.9. The third-order valence-corrected chi connectivity index (χ3v) is 7.28. The Morgan fingerprint density at radius 2 is 1.72 bits per heavy atom. The monoisotopic (exact) mass is 443 g/mol. The summed E-state index contributed by atoms with van der Waals surface area (Å²) < 4.78 is 13.3. The molecule has 5 nitrogen and oxygen atoms in total. The lowest BCUT2D eigenvalue weighted by atomic mass is 10.1. The number of halogens is 1. The minimum absolute atomic E-state index is 0.288. The Kier molecular flexibility index (Phi) is 5.56. The molecule has 1 aliphatic heterocycles. The second-order valence-corrected chi connectivity index (χ2v) is 8.90. The van der Waals surface area contributed by atoms with Gasteiger partial charge in [-0.05, 0) is 35.7 Å². The van der Waals surface area contributed by atoms with Crippen LogP contribution in [0.3, 0.4) is 0 Å². The summed E-state index contributed by atoms with van der Waals surface area (Å²) in [6.45, 7) is 5.14. The van der Waals surface area contributed by atoms with Gasteiger partial charge in [0.1, 0.15) is 28.8 Å². The minimum Gasteiger partial charge on any atom is -0.353 e. The summed E-state index contributed by atoms with van der Waals surface area (Å²) in [7, 11) is 0. The second kappa shape index (κ2) is 8.65. The smallest absolute Gasteiger partial charge is 0.141 e. The van der Waals surface area contributed by atoms with Crippen molar-refractivity contribution >= 4 is 27.4 Å². The normalized spacial score (nSPS) is 15.6. The number of thiophene rings is 1. The molecule has 0 unspecified atom stereocenters. The quantitative estimate of drug-likeness (QED) is 0.434. The predicted molar refractivity (Wildman–Crippen MR) is 126 cm³/mol. The fraction of sp³-hybridized carbons (Fsp3) is 0.240. The molecule has 0 N–H and O–H groups in total. The molecule has 2 aromatic heterocycles. The van der Waals surface area contributed by atoms with Crippen molar-refractivity contribution in [3.05, 3.63) is 77.9 Å². The fourth-order valence-corrected chi connectivity index (χ4v) is 5.51. The van der Waals surface area contributed by atoms with Crippen molar-refractivity contribution in [1.29, 1.82) is 5.26 Å². The number of anilines is 1. The van der Waals surface area contributed by atoms with Crippen LogP contribution in [0.15, 0.2) is 60.9 Å². The largest absolute Gasteiger partial charge is 0.353 e. The van der Waals surface area contributed by atoms with Gasteiger partial charge < -0.3 is 4.90 Å². The summed E-state index contributed by atoms with van der Waals surface area (Å²) in [5.74, 6) is 0.671. The van der Waals surface area contributed by atoms with Gasteiger partial charge in [0, 0.05) is 31.1 Å². The summed E-state index contributed by atoms with van der Waals surface area (Å²) in [6.07, 6.45) is 1.64. The third-order valence-electron chi connectivity index (χ3n) is 6.03. The number of aromatic nitrogens is 2. The molecule has 0 saturated carbocycles. The van der Waals surface area contributed by atoms with E-state index in [1.165, 1.54) is 28.1 Å². The van der Waals surface area contributed by atoms with Gasteiger partial charge >= 0.3 is 0 Å². The van der Waals surface area contributed by atoms with E-state index in [1.54, 1.807) is 29.8 Å². The summed E-state index contributed by atoms with van der Waals surface area (Å²) >= 11 is 1.70. The summed E-state index contributed by atoms with van der Waals surface area (Å²) in [6, 6.07) is 18.6. The van der Waals surface area contributed by atoms with Crippen molar-refractivity contribution in [2.45, 2.75) is 13.0 Å². The highest BCUT2D eigenvalue weighted by molar-refractivity contribution is 7.22. The van der Waals surface area contributed by atoms with Crippen LogP contribution >= 0.6 is 11.3 Å². The fourth-order valence-electron chi connectivity index (χ4n) is 4.36. The highest BCUT2D eigenvalue weighted by Gasteiger charge is 2.27. The van der Waals surface area contributed by atoms with Gasteiger partial charge in [-0.15, -0.1) is 11.3 Å². The average molecular weight is 444 g/mol. The Hall–Kier alpha value is -3.34. The van der Waals surface area contributed by atoms with Crippen LogP contribution in [0.4, 0.5) is 10.2 Å². The van der Waals surface area contributed by atoms with Crippen LogP contribution in [0, 0.1) is 24.1 Å². The zero-order valence-corrected chi connectivity index (χ0v) is 18.5. The number of nitriles is 1. The molecular weight excluding hydrogens is 421 g/mol. The van der Waals surface area contributed by atoms with Gasteiger partial charge in [-0.3, -0.25) is 4.90 Å². The van der Waals surface area contributed by atoms with Crippen LogP contribution in [0.5, 0.6) is 0 Å². The molecule has 0 radical (unpaired) electrons. The molecule has 2 aromatic carbocycles. The molecule has 1 fully saturated rings. The van der Waals surface area contributed by atoms with Crippen LogP contribution < -0.4 is 4.90 Å². The number of piperazine rings is 1. The highest BCUT2D eigenvalue weighted by Crippen LogP contribution is 2.40. The molecule has 4 aromatic rings. The maximum absolute atomic E-state index is 13.3. The maximum atomic E-state index is 13.3. The third kappa shape index (κ3) is 3.72. The molecule has 7 heteroatoms. The molecule has 3 heterocycles. The number of hydrogen-bond donors (Lipinski definition) is 0. The van der Waals surface area contributed by atoms with Gasteiger partial charge in [0.2, 0.25) is 0 Å². The topological polar surface area (TPSA) is 56.1 Å². The van der Waals surface area contributed by atoms with E-state index in [0.29, 0.717) is 0 Å². The maximum Gasteiger partial charge on any atom is 0.141 e. The number of hydrogen-bond acceptors (Lipinski definition) is 6. The van der Waals surface area contributed by atoms with E-state index in [4.69, 9.17) is 0 Å². The van der Waals surface area contributed by atoms with Crippen molar-refractivity contribution in [1.82, 2.24) is 14.9 Å². The SMILES string of the molecule is Cc1c(-c2ccccc2)sc2ncnc(N3CCN([C@@H](C#N)c4ccc(F)cc4)CC3)c12. The standard InChI is InChI=1S/C25H22FN5S/c1-17-22-24(28-16-29-25(22)32-23(17)19-5-3-2-4-6-19)31-13-11-30(12-14-31)21(15-27)18-7-9-20(26)10-8-18/h2-10,16,21H,11-14H2,1H3/t21-/m0/s1.